The zero-order valence-electron chi connectivity index (χ0n) is 18.3. The summed E-state index contributed by atoms with van der Waals surface area (Å²) < 4.78 is 17.7. The van der Waals surface area contributed by atoms with Crippen LogP contribution in [0.15, 0.2) is 23.7 Å². The highest BCUT2D eigenvalue weighted by Crippen LogP contribution is 2.38. The molecule has 1 aliphatic rings. The molecule has 0 radical (unpaired) electrons. The van der Waals surface area contributed by atoms with Gasteiger partial charge in [0.2, 0.25) is 0 Å². The maximum atomic E-state index is 12.1. The van der Waals surface area contributed by atoms with Crippen LogP contribution >= 0.6 is 0 Å². The summed E-state index contributed by atoms with van der Waals surface area (Å²) >= 11 is 0. The number of carbonyl (C=O) groups excluding carboxylic acids is 1. The summed E-state index contributed by atoms with van der Waals surface area (Å²) in [5.41, 5.74) is 7.95. The molecule has 1 heterocycles. The monoisotopic (exact) mass is 388 g/mol. The number of amides is 1. The lowest BCUT2D eigenvalue weighted by atomic mass is 9.77. The van der Waals surface area contributed by atoms with Crippen LogP contribution in [-0.4, -0.2) is 36.6 Å². The van der Waals surface area contributed by atoms with Gasteiger partial charge in [0.05, 0.1) is 11.2 Å². The van der Waals surface area contributed by atoms with Crippen molar-refractivity contribution in [2.45, 2.75) is 72.2 Å². The van der Waals surface area contributed by atoms with E-state index in [-0.39, 0.29) is 6.54 Å². The number of alkyl carbamates (subject to hydrolysis) is 1. The van der Waals surface area contributed by atoms with Crippen LogP contribution in [0.4, 0.5) is 10.5 Å². The summed E-state index contributed by atoms with van der Waals surface area (Å²) in [6.45, 7) is 15.7. The van der Waals surface area contributed by atoms with Gasteiger partial charge in [-0.1, -0.05) is 18.2 Å². The fourth-order valence-electron chi connectivity index (χ4n) is 2.65. The predicted octanol–water partition coefficient (Wildman–Crippen LogP) is 4.12. The molecule has 0 unspecified atom stereocenters. The third kappa shape index (κ3) is 5.52. The van der Waals surface area contributed by atoms with Crippen molar-refractivity contribution in [2.24, 2.45) is 0 Å². The third-order valence-electron chi connectivity index (χ3n) is 5.05. The first-order chi connectivity index (χ1) is 12.7. The molecule has 6 nitrogen and oxygen atoms in total. The van der Waals surface area contributed by atoms with E-state index in [4.69, 9.17) is 19.8 Å². The molecule has 2 rings (SSSR count). The Bertz CT molecular complexity index is 750. The van der Waals surface area contributed by atoms with Gasteiger partial charge in [-0.05, 0) is 78.1 Å². The lowest BCUT2D eigenvalue weighted by molar-refractivity contribution is 0.00578. The Labute approximate surface area is 168 Å². The van der Waals surface area contributed by atoms with Crippen LogP contribution in [0.2, 0.25) is 0 Å². The van der Waals surface area contributed by atoms with Crippen molar-refractivity contribution in [3.05, 3.63) is 34.8 Å². The quantitative estimate of drug-likeness (QED) is 0.599. The SMILES string of the molecule is Cc1ccc(C=C(CNC(=O)OC(C)(C)C)B2OC(C)(C)C(C)(C)O2)cc1N. The van der Waals surface area contributed by atoms with Crippen LogP contribution in [0.3, 0.4) is 0 Å². The summed E-state index contributed by atoms with van der Waals surface area (Å²) in [4.78, 5) is 12.1. The van der Waals surface area contributed by atoms with Crippen molar-refractivity contribution in [1.82, 2.24) is 5.32 Å². The van der Waals surface area contributed by atoms with Gasteiger partial charge in [0, 0.05) is 12.2 Å². The zero-order chi connectivity index (χ0) is 21.3. The maximum Gasteiger partial charge on any atom is 0.492 e. The molecule has 0 saturated carbocycles. The van der Waals surface area contributed by atoms with Gasteiger partial charge in [-0.15, -0.1) is 0 Å². The number of anilines is 1. The number of carbonyl (C=O) groups is 1. The number of rotatable bonds is 4. The molecular formula is C21H33BN2O4. The van der Waals surface area contributed by atoms with Crippen molar-refractivity contribution in [1.29, 1.82) is 0 Å². The second-order valence-corrected chi connectivity index (χ2v) is 9.28. The van der Waals surface area contributed by atoms with Crippen molar-refractivity contribution in [3.8, 4) is 0 Å². The van der Waals surface area contributed by atoms with Crippen LogP contribution in [0, 0.1) is 6.92 Å². The topological polar surface area (TPSA) is 82.8 Å². The number of aryl methyl sites for hydroxylation is 1. The molecule has 0 spiro atoms. The summed E-state index contributed by atoms with van der Waals surface area (Å²) in [6.07, 6.45) is 1.45. The number of hydrogen-bond acceptors (Lipinski definition) is 5. The van der Waals surface area contributed by atoms with Gasteiger partial charge >= 0.3 is 13.2 Å². The van der Waals surface area contributed by atoms with E-state index in [9.17, 15) is 4.79 Å². The van der Waals surface area contributed by atoms with Crippen molar-refractivity contribution in [3.63, 3.8) is 0 Å². The maximum absolute atomic E-state index is 12.1. The molecule has 1 fully saturated rings. The van der Waals surface area contributed by atoms with Crippen LogP contribution < -0.4 is 11.1 Å². The first kappa shape index (κ1) is 22.3. The standard InChI is InChI=1S/C21H33BN2O4/c1-14-9-10-15(12-17(14)23)11-16(13-24-18(25)26-19(2,3)4)22-27-20(5,6)21(7,8)28-22/h9-12H,13,23H2,1-8H3,(H,24,25). The largest absolute Gasteiger partial charge is 0.492 e. The van der Waals surface area contributed by atoms with E-state index in [1.807, 2.05) is 79.7 Å². The minimum atomic E-state index is -0.581. The molecule has 28 heavy (non-hydrogen) atoms. The fourth-order valence-corrected chi connectivity index (χ4v) is 2.65. The summed E-state index contributed by atoms with van der Waals surface area (Å²) in [7, 11) is -0.581. The minimum absolute atomic E-state index is 0.236. The van der Waals surface area contributed by atoms with Gasteiger partial charge < -0.3 is 25.1 Å². The van der Waals surface area contributed by atoms with E-state index in [2.05, 4.69) is 5.32 Å². The van der Waals surface area contributed by atoms with Gasteiger partial charge in [-0.2, -0.15) is 0 Å². The average Bonchev–Trinajstić information content (AvgIpc) is 2.73. The molecule has 1 aromatic rings. The molecular weight excluding hydrogens is 355 g/mol. The first-order valence-electron chi connectivity index (χ1n) is 9.59. The predicted molar refractivity (Wildman–Crippen MR) is 114 cm³/mol. The van der Waals surface area contributed by atoms with E-state index >= 15 is 0 Å². The minimum Gasteiger partial charge on any atom is -0.444 e. The Morgan fingerprint density at radius 3 is 2.29 bits per heavy atom. The van der Waals surface area contributed by atoms with Crippen molar-refractivity contribution < 1.29 is 18.8 Å². The van der Waals surface area contributed by atoms with E-state index in [0.29, 0.717) is 5.69 Å². The second-order valence-electron chi connectivity index (χ2n) is 9.28. The lowest BCUT2D eigenvalue weighted by Crippen LogP contribution is -2.41. The number of benzene rings is 1. The molecule has 0 aromatic heterocycles. The smallest absolute Gasteiger partial charge is 0.444 e. The van der Waals surface area contributed by atoms with E-state index in [0.717, 1.165) is 16.6 Å². The fraction of sp³-hybridized carbons (Fsp3) is 0.571. The van der Waals surface area contributed by atoms with Gasteiger partial charge in [0.15, 0.2) is 0 Å². The Morgan fingerprint density at radius 1 is 1.21 bits per heavy atom. The van der Waals surface area contributed by atoms with Crippen LogP contribution in [0.25, 0.3) is 6.08 Å². The first-order valence-corrected chi connectivity index (χ1v) is 9.59. The molecule has 3 N–H and O–H groups in total. The van der Waals surface area contributed by atoms with Gasteiger partial charge in [-0.25, -0.2) is 4.79 Å². The normalized spacial score (nSPS) is 18.9. The summed E-state index contributed by atoms with van der Waals surface area (Å²) in [6, 6.07) is 5.84. The second kappa shape index (κ2) is 7.80. The molecule has 1 amide bonds. The summed E-state index contributed by atoms with van der Waals surface area (Å²) in [5, 5.41) is 2.80. The van der Waals surface area contributed by atoms with Gasteiger partial charge in [0.25, 0.3) is 0 Å². The van der Waals surface area contributed by atoms with Crippen LogP contribution in [0.1, 0.15) is 59.6 Å². The molecule has 1 saturated heterocycles. The molecule has 0 aliphatic carbocycles. The molecule has 154 valence electrons. The number of hydrogen-bond donors (Lipinski definition) is 2. The van der Waals surface area contributed by atoms with Crippen LogP contribution in [-0.2, 0) is 14.0 Å². The number of nitrogens with two attached hydrogens (primary N) is 1. The highest BCUT2D eigenvalue weighted by Gasteiger charge is 2.52. The highest BCUT2D eigenvalue weighted by molar-refractivity contribution is 6.56. The van der Waals surface area contributed by atoms with Gasteiger partial charge in [0.1, 0.15) is 5.60 Å². The Morgan fingerprint density at radius 2 is 1.79 bits per heavy atom. The van der Waals surface area contributed by atoms with Crippen molar-refractivity contribution in [2.75, 3.05) is 12.3 Å². The Hall–Kier alpha value is -1.99. The highest BCUT2D eigenvalue weighted by atomic mass is 16.7. The molecule has 1 aliphatic heterocycles. The zero-order valence-corrected chi connectivity index (χ0v) is 18.3. The molecule has 0 atom stereocenters. The van der Waals surface area contributed by atoms with Gasteiger partial charge in [-0.3, -0.25) is 0 Å². The van der Waals surface area contributed by atoms with Crippen molar-refractivity contribution >= 4 is 25.0 Å². The molecule has 1 aromatic carbocycles. The lowest BCUT2D eigenvalue weighted by Gasteiger charge is -2.32. The Balaban J connectivity index is 2.27. The number of ether oxygens (including phenoxy) is 1. The number of nitrogen functional groups attached to an aromatic ring is 1. The van der Waals surface area contributed by atoms with E-state index in [1.165, 1.54) is 0 Å². The van der Waals surface area contributed by atoms with Crippen LogP contribution in [0.5, 0.6) is 0 Å². The average molecular weight is 388 g/mol. The molecule has 0 bridgehead atoms. The third-order valence-corrected chi connectivity index (χ3v) is 5.05. The molecule has 7 heteroatoms. The van der Waals surface area contributed by atoms with E-state index in [1.54, 1.807) is 0 Å². The number of nitrogens with one attached hydrogen (secondary N) is 1. The Kier molecular flexibility index (Phi) is 6.21. The van der Waals surface area contributed by atoms with E-state index < -0.39 is 30.0 Å². The summed E-state index contributed by atoms with van der Waals surface area (Å²) in [5.74, 6) is 0.